The van der Waals surface area contributed by atoms with E-state index in [1.165, 1.54) is 16.7 Å². The Labute approximate surface area is 85.1 Å². The topological polar surface area (TPSA) is 35.2 Å². The average Bonchev–Trinajstić information content (AvgIpc) is 2.30. The third-order valence-electron chi connectivity index (χ3n) is 2.91. The molecule has 0 saturated carbocycles. The van der Waals surface area contributed by atoms with E-state index in [1.807, 2.05) is 0 Å². The number of benzene rings is 1. The van der Waals surface area contributed by atoms with Crippen molar-refractivity contribution >= 4 is 0 Å². The predicted molar refractivity (Wildman–Crippen MR) is 56.9 cm³/mol. The minimum atomic E-state index is 0.118. The molecule has 0 unspecified atom stereocenters. The summed E-state index contributed by atoms with van der Waals surface area (Å²) in [5.74, 6) is 0.401. The highest BCUT2D eigenvalue weighted by molar-refractivity contribution is 5.34. The molecule has 0 aromatic heterocycles. The molecule has 1 aromatic rings. The van der Waals surface area contributed by atoms with Crippen molar-refractivity contribution < 1.29 is 4.74 Å². The molecule has 0 bridgehead atoms. The molecule has 2 heteroatoms. The highest BCUT2D eigenvalue weighted by atomic mass is 16.5. The van der Waals surface area contributed by atoms with Gasteiger partial charge in [-0.25, -0.2) is 0 Å². The molecular formula is C12H17NO. The summed E-state index contributed by atoms with van der Waals surface area (Å²) in [4.78, 5) is 0. The van der Waals surface area contributed by atoms with E-state index in [0.717, 1.165) is 6.61 Å². The Hall–Kier alpha value is -0.860. The number of aryl methyl sites for hydroxylation is 1. The molecule has 1 aromatic carbocycles. The Bertz CT molecular complexity index is 335. The van der Waals surface area contributed by atoms with Gasteiger partial charge in [-0.05, 0) is 24.0 Å². The molecule has 1 heterocycles. The van der Waals surface area contributed by atoms with Crippen LogP contribution in [-0.4, -0.2) is 6.61 Å². The van der Waals surface area contributed by atoms with Gasteiger partial charge in [0.05, 0.1) is 13.2 Å². The number of hydrogen-bond acceptors (Lipinski definition) is 2. The number of fused-ring (bicyclic) bond motifs is 1. The summed E-state index contributed by atoms with van der Waals surface area (Å²) in [6, 6.07) is 6.55. The van der Waals surface area contributed by atoms with Gasteiger partial charge in [0.25, 0.3) is 0 Å². The minimum Gasteiger partial charge on any atom is -0.376 e. The third kappa shape index (κ3) is 1.68. The molecule has 0 fully saturated rings. The molecule has 0 spiro atoms. The lowest BCUT2D eigenvalue weighted by molar-refractivity contribution is 0.0941. The maximum absolute atomic E-state index is 6.18. The van der Waals surface area contributed by atoms with Crippen molar-refractivity contribution in [2.24, 2.45) is 11.7 Å². The van der Waals surface area contributed by atoms with Gasteiger partial charge in [-0.3, -0.25) is 0 Å². The number of hydrogen-bond donors (Lipinski definition) is 1. The van der Waals surface area contributed by atoms with Crippen molar-refractivity contribution in [2.75, 3.05) is 6.61 Å². The van der Waals surface area contributed by atoms with Crippen LogP contribution >= 0.6 is 0 Å². The molecule has 1 aliphatic heterocycles. The van der Waals surface area contributed by atoms with Crippen LogP contribution < -0.4 is 5.73 Å². The van der Waals surface area contributed by atoms with Crippen LogP contribution in [0, 0.1) is 12.8 Å². The summed E-state index contributed by atoms with van der Waals surface area (Å²) in [5.41, 5.74) is 9.95. The van der Waals surface area contributed by atoms with Crippen molar-refractivity contribution in [1.29, 1.82) is 0 Å². The molecule has 2 N–H and O–H groups in total. The van der Waals surface area contributed by atoms with Gasteiger partial charge in [0.15, 0.2) is 0 Å². The Morgan fingerprint density at radius 1 is 1.43 bits per heavy atom. The van der Waals surface area contributed by atoms with Gasteiger partial charge in [0.1, 0.15) is 0 Å². The number of ether oxygens (including phenoxy) is 1. The fraction of sp³-hybridized carbons (Fsp3) is 0.500. The van der Waals surface area contributed by atoms with Crippen LogP contribution in [0.4, 0.5) is 0 Å². The van der Waals surface area contributed by atoms with Crippen LogP contribution in [0.2, 0.25) is 0 Å². The molecule has 14 heavy (non-hydrogen) atoms. The first-order chi connectivity index (χ1) is 6.68. The van der Waals surface area contributed by atoms with Crippen LogP contribution in [0.15, 0.2) is 18.2 Å². The zero-order valence-corrected chi connectivity index (χ0v) is 8.79. The summed E-state index contributed by atoms with van der Waals surface area (Å²) in [5, 5.41) is 0. The highest BCUT2D eigenvalue weighted by Crippen LogP contribution is 2.28. The van der Waals surface area contributed by atoms with Gasteiger partial charge in [0, 0.05) is 6.04 Å². The second-order valence-electron chi connectivity index (χ2n) is 4.22. The second kappa shape index (κ2) is 3.71. The lowest BCUT2D eigenvalue weighted by atomic mass is 9.92. The lowest BCUT2D eigenvalue weighted by Gasteiger charge is -2.18. The Morgan fingerprint density at radius 2 is 2.21 bits per heavy atom. The monoisotopic (exact) mass is 191 g/mol. The SMILES string of the molecule is Cc1ccc2c(c1)[C@@H](N)[C@H](C)COC2. The van der Waals surface area contributed by atoms with Crippen molar-refractivity contribution in [3.8, 4) is 0 Å². The van der Waals surface area contributed by atoms with Gasteiger partial charge in [0.2, 0.25) is 0 Å². The van der Waals surface area contributed by atoms with E-state index >= 15 is 0 Å². The third-order valence-corrected chi connectivity index (χ3v) is 2.91. The first-order valence-electron chi connectivity index (χ1n) is 5.11. The zero-order chi connectivity index (χ0) is 10.1. The quantitative estimate of drug-likeness (QED) is 0.682. The molecule has 2 atom stereocenters. The first-order valence-corrected chi connectivity index (χ1v) is 5.11. The maximum Gasteiger partial charge on any atom is 0.0720 e. The number of nitrogens with two attached hydrogens (primary N) is 1. The van der Waals surface area contributed by atoms with Crippen LogP contribution in [0.25, 0.3) is 0 Å². The van der Waals surface area contributed by atoms with Crippen molar-refractivity contribution in [3.63, 3.8) is 0 Å². The molecule has 1 aliphatic rings. The van der Waals surface area contributed by atoms with Gasteiger partial charge >= 0.3 is 0 Å². The van der Waals surface area contributed by atoms with Crippen LogP contribution in [0.3, 0.4) is 0 Å². The molecule has 0 aliphatic carbocycles. The van der Waals surface area contributed by atoms with E-state index in [4.69, 9.17) is 10.5 Å². The molecule has 0 saturated heterocycles. The van der Waals surface area contributed by atoms with E-state index in [2.05, 4.69) is 32.0 Å². The highest BCUT2D eigenvalue weighted by Gasteiger charge is 2.21. The van der Waals surface area contributed by atoms with Gasteiger partial charge in [-0.1, -0.05) is 30.7 Å². The Balaban J connectivity index is 2.44. The standard InChI is InChI=1S/C12H17NO/c1-8-3-4-10-7-14-6-9(2)12(13)11(10)5-8/h3-5,9,12H,6-7,13H2,1-2H3/t9-,12+/m1/s1. The Morgan fingerprint density at radius 3 is 3.00 bits per heavy atom. The van der Waals surface area contributed by atoms with E-state index in [0.29, 0.717) is 12.5 Å². The molecule has 2 rings (SSSR count). The second-order valence-corrected chi connectivity index (χ2v) is 4.22. The Kier molecular flexibility index (Phi) is 2.57. The smallest absolute Gasteiger partial charge is 0.0720 e. The van der Waals surface area contributed by atoms with E-state index in [-0.39, 0.29) is 6.04 Å². The summed E-state index contributed by atoms with van der Waals surface area (Å²) in [6.07, 6.45) is 0. The first kappa shape index (κ1) is 9.69. The van der Waals surface area contributed by atoms with E-state index in [9.17, 15) is 0 Å². The summed E-state index contributed by atoms with van der Waals surface area (Å²) >= 11 is 0. The zero-order valence-electron chi connectivity index (χ0n) is 8.79. The van der Waals surface area contributed by atoms with Crippen LogP contribution in [-0.2, 0) is 11.3 Å². The predicted octanol–water partition coefficient (Wildman–Crippen LogP) is 2.16. The van der Waals surface area contributed by atoms with Gasteiger partial charge < -0.3 is 10.5 Å². The van der Waals surface area contributed by atoms with Crippen molar-refractivity contribution in [3.05, 3.63) is 34.9 Å². The van der Waals surface area contributed by atoms with E-state index in [1.54, 1.807) is 0 Å². The van der Waals surface area contributed by atoms with Crippen molar-refractivity contribution in [2.45, 2.75) is 26.5 Å². The molecule has 2 nitrogen and oxygen atoms in total. The van der Waals surface area contributed by atoms with Crippen molar-refractivity contribution in [1.82, 2.24) is 0 Å². The van der Waals surface area contributed by atoms with Gasteiger partial charge in [-0.2, -0.15) is 0 Å². The normalized spacial score (nSPS) is 26.8. The molecular weight excluding hydrogens is 174 g/mol. The molecule has 76 valence electrons. The summed E-state index contributed by atoms with van der Waals surface area (Å²) in [7, 11) is 0. The van der Waals surface area contributed by atoms with Crippen LogP contribution in [0.1, 0.15) is 29.7 Å². The fourth-order valence-electron chi connectivity index (χ4n) is 1.92. The molecule has 0 amide bonds. The average molecular weight is 191 g/mol. The summed E-state index contributed by atoms with van der Waals surface area (Å²) < 4.78 is 5.56. The minimum absolute atomic E-state index is 0.118. The largest absolute Gasteiger partial charge is 0.376 e. The van der Waals surface area contributed by atoms with Crippen LogP contribution in [0.5, 0.6) is 0 Å². The van der Waals surface area contributed by atoms with Gasteiger partial charge in [-0.15, -0.1) is 0 Å². The molecule has 0 radical (unpaired) electrons. The fourth-order valence-corrected chi connectivity index (χ4v) is 1.92. The lowest BCUT2D eigenvalue weighted by Crippen LogP contribution is -2.21. The summed E-state index contributed by atoms with van der Waals surface area (Å²) in [6.45, 7) is 5.70. The van der Waals surface area contributed by atoms with E-state index < -0.39 is 0 Å². The maximum atomic E-state index is 6.18. The number of rotatable bonds is 0.